The van der Waals surface area contributed by atoms with Gasteiger partial charge in [0.2, 0.25) is 0 Å². The Balaban J connectivity index is 1.48. The summed E-state index contributed by atoms with van der Waals surface area (Å²) in [6, 6.07) is 15.5. The van der Waals surface area contributed by atoms with E-state index in [1.165, 1.54) is 0 Å². The molecular formula is C21H25ClN2O3. The van der Waals surface area contributed by atoms with Crippen LogP contribution < -0.4 is 9.64 Å². The Labute approximate surface area is 165 Å². The average molecular weight is 389 g/mol. The summed E-state index contributed by atoms with van der Waals surface area (Å²) in [7, 11) is 1.63. The van der Waals surface area contributed by atoms with E-state index in [-0.39, 0.29) is 5.91 Å². The lowest BCUT2D eigenvalue weighted by Crippen LogP contribution is -2.51. The second-order valence-electron chi connectivity index (χ2n) is 6.59. The zero-order valence-electron chi connectivity index (χ0n) is 15.7. The molecule has 1 aliphatic heterocycles. The van der Waals surface area contributed by atoms with Crippen molar-refractivity contribution in [3.8, 4) is 5.75 Å². The molecule has 6 heteroatoms. The summed E-state index contributed by atoms with van der Waals surface area (Å²) < 4.78 is 11.0. The number of methoxy groups -OCH3 is 1. The molecule has 1 fully saturated rings. The van der Waals surface area contributed by atoms with Crippen LogP contribution in [0.4, 0.5) is 5.69 Å². The van der Waals surface area contributed by atoms with E-state index in [0.29, 0.717) is 19.7 Å². The van der Waals surface area contributed by atoms with Gasteiger partial charge in [0, 0.05) is 36.9 Å². The first-order chi connectivity index (χ1) is 13.1. The summed E-state index contributed by atoms with van der Waals surface area (Å²) in [4.78, 5) is 16.8. The molecule has 3 rings (SSSR count). The molecule has 1 heterocycles. The fourth-order valence-electron chi connectivity index (χ4n) is 3.15. The van der Waals surface area contributed by atoms with Crippen LogP contribution >= 0.6 is 11.6 Å². The van der Waals surface area contributed by atoms with Crippen molar-refractivity contribution < 1.29 is 14.3 Å². The molecule has 2 aromatic rings. The van der Waals surface area contributed by atoms with Gasteiger partial charge in [0.15, 0.2) is 0 Å². The van der Waals surface area contributed by atoms with Crippen LogP contribution in [0.2, 0.25) is 5.02 Å². The number of hydrogen-bond donors (Lipinski definition) is 0. The molecule has 27 heavy (non-hydrogen) atoms. The molecule has 0 N–H and O–H groups in total. The molecule has 1 amide bonds. The molecule has 0 radical (unpaired) electrons. The number of amides is 1. The zero-order chi connectivity index (χ0) is 19.2. The van der Waals surface area contributed by atoms with Crippen LogP contribution in [-0.2, 0) is 16.1 Å². The zero-order valence-corrected chi connectivity index (χ0v) is 16.5. The van der Waals surface area contributed by atoms with Gasteiger partial charge in [0.05, 0.1) is 13.7 Å². The lowest BCUT2D eigenvalue weighted by molar-refractivity contribution is -0.143. The Morgan fingerprint density at radius 3 is 2.48 bits per heavy atom. The van der Waals surface area contributed by atoms with Crippen LogP contribution in [0.15, 0.2) is 48.5 Å². The van der Waals surface area contributed by atoms with Crippen molar-refractivity contribution in [1.82, 2.24) is 4.90 Å². The second kappa shape index (κ2) is 9.11. The monoisotopic (exact) mass is 388 g/mol. The highest BCUT2D eigenvalue weighted by atomic mass is 35.5. The third kappa shape index (κ3) is 5.15. The molecule has 0 saturated carbocycles. The minimum absolute atomic E-state index is 0.0358. The highest BCUT2D eigenvalue weighted by Gasteiger charge is 2.25. The van der Waals surface area contributed by atoms with Crippen molar-refractivity contribution in [3.63, 3.8) is 0 Å². The van der Waals surface area contributed by atoms with Crippen LogP contribution in [0.5, 0.6) is 5.75 Å². The van der Waals surface area contributed by atoms with Gasteiger partial charge in [-0.05, 0) is 48.9 Å². The average Bonchev–Trinajstić information content (AvgIpc) is 2.72. The van der Waals surface area contributed by atoms with Gasteiger partial charge in [-0.1, -0.05) is 23.7 Å². The Kier molecular flexibility index (Phi) is 6.58. The van der Waals surface area contributed by atoms with E-state index < -0.39 is 6.10 Å². The van der Waals surface area contributed by atoms with Gasteiger partial charge < -0.3 is 19.3 Å². The van der Waals surface area contributed by atoms with Crippen molar-refractivity contribution in [2.45, 2.75) is 19.6 Å². The number of carbonyl (C=O) groups excluding carboxylic acids is 1. The number of nitrogens with zero attached hydrogens (tertiary/aromatic N) is 2. The number of anilines is 1. The number of halogens is 1. The fourth-order valence-corrected chi connectivity index (χ4v) is 3.27. The van der Waals surface area contributed by atoms with E-state index in [4.69, 9.17) is 21.1 Å². The topological polar surface area (TPSA) is 42.0 Å². The summed E-state index contributed by atoms with van der Waals surface area (Å²) in [5.41, 5.74) is 2.12. The number of rotatable bonds is 6. The van der Waals surface area contributed by atoms with Gasteiger partial charge in [-0.3, -0.25) is 4.79 Å². The van der Waals surface area contributed by atoms with E-state index in [1.54, 1.807) is 7.11 Å². The predicted molar refractivity (Wildman–Crippen MR) is 107 cm³/mol. The quantitative estimate of drug-likeness (QED) is 0.758. The number of ether oxygens (including phenoxy) is 2. The molecule has 1 aliphatic rings. The molecule has 0 aromatic heterocycles. The van der Waals surface area contributed by atoms with Crippen LogP contribution in [0.25, 0.3) is 0 Å². The molecule has 1 saturated heterocycles. The largest absolute Gasteiger partial charge is 0.497 e. The molecule has 0 spiro atoms. The summed E-state index contributed by atoms with van der Waals surface area (Å²) >= 11 is 5.95. The maximum absolute atomic E-state index is 12.7. The SMILES string of the molecule is COc1cccc(COC(C)C(=O)N2CCN(c3ccc(Cl)cc3)CC2)c1. The minimum Gasteiger partial charge on any atom is -0.497 e. The lowest BCUT2D eigenvalue weighted by Gasteiger charge is -2.37. The Hall–Kier alpha value is -2.24. The van der Waals surface area contributed by atoms with Crippen molar-refractivity contribution in [3.05, 3.63) is 59.1 Å². The lowest BCUT2D eigenvalue weighted by atomic mass is 10.2. The molecule has 1 unspecified atom stereocenters. The van der Waals surface area contributed by atoms with Gasteiger partial charge in [-0.15, -0.1) is 0 Å². The summed E-state index contributed by atoms with van der Waals surface area (Å²) in [6.07, 6.45) is -0.474. The molecule has 2 aromatic carbocycles. The first kappa shape index (κ1) is 19.5. The summed E-state index contributed by atoms with van der Waals surface area (Å²) in [5.74, 6) is 0.821. The first-order valence-corrected chi connectivity index (χ1v) is 9.48. The van der Waals surface area contributed by atoms with Crippen molar-refractivity contribution >= 4 is 23.2 Å². The van der Waals surface area contributed by atoms with Crippen LogP contribution in [-0.4, -0.2) is 50.2 Å². The van der Waals surface area contributed by atoms with E-state index in [2.05, 4.69) is 4.90 Å². The second-order valence-corrected chi connectivity index (χ2v) is 7.03. The molecule has 5 nitrogen and oxygen atoms in total. The first-order valence-electron chi connectivity index (χ1n) is 9.10. The summed E-state index contributed by atoms with van der Waals surface area (Å²) in [5, 5.41) is 0.731. The number of piperazine rings is 1. The van der Waals surface area contributed by atoms with Gasteiger partial charge in [-0.2, -0.15) is 0 Å². The van der Waals surface area contributed by atoms with Crippen LogP contribution in [0.1, 0.15) is 12.5 Å². The van der Waals surface area contributed by atoms with E-state index in [9.17, 15) is 4.79 Å². The van der Waals surface area contributed by atoms with Crippen molar-refractivity contribution in [2.75, 3.05) is 38.2 Å². The van der Waals surface area contributed by atoms with Crippen molar-refractivity contribution in [2.24, 2.45) is 0 Å². The third-order valence-corrected chi connectivity index (χ3v) is 5.02. The van der Waals surface area contributed by atoms with Gasteiger partial charge in [0.25, 0.3) is 5.91 Å². The fraction of sp³-hybridized carbons (Fsp3) is 0.381. The van der Waals surface area contributed by atoms with E-state index >= 15 is 0 Å². The van der Waals surface area contributed by atoms with E-state index in [0.717, 1.165) is 35.1 Å². The molecule has 0 bridgehead atoms. The number of carbonyl (C=O) groups is 1. The van der Waals surface area contributed by atoms with Crippen LogP contribution in [0, 0.1) is 0 Å². The molecule has 1 atom stereocenters. The van der Waals surface area contributed by atoms with Gasteiger partial charge in [-0.25, -0.2) is 0 Å². The minimum atomic E-state index is -0.474. The Morgan fingerprint density at radius 1 is 1.11 bits per heavy atom. The maximum Gasteiger partial charge on any atom is 0.251 e. The van der Waals surface area contributed by atoms with Gasteiger partial charge >= 0.3 is 0 Å². The standard InChI is InChI=1S/C21H25ClN2O3/c1-16(27-15-17-4-3-5-20(14-17)26-2)21(25)24-12-10-23(11-13-24)19-8-6-18(22)7-9-19/h3-9,14,16H,10-13,15H2,1-2H3. The molecular weight excluding hydrogens is 364 g/mol. The predicted octanol–water partition coefficient (Wildman–Crippen LogP) is 3.60. The Bertz CT molecular complexity index is 758. The molecule has 0 aliphatic carbocycles. The third-order valence-electron chi connectivity index (χ3n) is 4.77. The normalized spacial score (nSPS) is 15.5. The van der Waals surface area contributed by atoms with E-state index in [1.807, 2.05) is 60.4 Å². The van der Waals surface area contributed by atoms with Gasteiger partial charge in [0.1, 0.15) is 11.9 Å². The smallest absolute Gasteiger partial charge is 0.251 e. The summed E-state index contributed by atoms with van der Waals surface area (Å²) in [6.45, 7) is 5.18. The molecule has 144 valence electrons. The van der Waals surface area contributed by atoms with Crippen LogP contribution in [0.3, 0.4) is 0 Å². The van der Waals surface area contributed by atoms with Crippen molar-refractivity contribution in [1.29, 1.82) is 0 Å². The number of hydrogen-bond acceptors (Lipinski definition) is 4. The highest BCUT2D eigenvalue weighted by molar-refractivity contribution is 6.30. The maximum atomic E-state index is 12.7. The number of benzene rings is 2. The Morgan fingerprint density at radius 2 is 1.81 bits per heavy atom. The highest BCUT2D eigenvalue weighted by Crippen LogP contribution is 2.20.